The van der Waals surface area contributed by atoms with Crippen LogP contribution in [0.5, 0.6) is 5.75 Å². The van der Waals surface area contributed by atoms with Crippen molar-refractivity contribution >= 4 is 22.7 Å². The Morgan fingerprint density at radius 1 is 1.35 bits per heavy atom. The van der Waals surface area contributed by atoms with Crippen LogP contribution in [-0.2, 0) is 17.6 Å². The number of carbonyl (C=O) groups is 2. The lowest BCUT2D eigenvalue weighted by molar-refractivity contribution is -0.120. The Morgan fingerprint density at radius 2 is 2.17 bits per heavy atom. The Labute approximate surface area is 134 Å². The highest BCUT2D eigenvalue weighted by atomic mass is 16.5. The molecule has 6 heteroatoms. The second-order valence-corrected chi connectivity index (χ2v) is 5.57. The molecule has 122 valence electrons. The molecule has 2 amide bonds. The molecule has 6 nitrogen and oxygen atoms in total. The van der Waals surface area contributed by atoms with Gasteiger partial charge in [0.2, 0.25) is 5.91 Å². The van der Waals surface area contributed by atoms with E-state index >= 15 is 0 Å². The predicted octanol–water partition coefficient (Wildman–Crippen LogP) is 1.53. The van der Waals surface area contributed by atoms with E-state index in [9.17, 15) is 9.59 Å². The maximum Gasteiger partial charge on any atom is 0.267 e. The van der Waals surface area contributed by atoms with Crippen molar-refractivity contribution in [2.24, 2.45) is 0 Å². The van der Waals surface area contributed by atoms with Gasteiger partial charge in [0.1, 0.15) is 11.4 Å². The van der Waals surface area contributed by atoms with Gasteiger partial charge in [-0.05, 0) is 24.1 Å². The molecule has 0 bridgehead atoms. The number of amides is 2. The average Bonchev–Trinajstić information content (AvgIpc) is 3.17. The molecule has 0 radical (unpaired) electrons. The van der Waals surface area contributed by atoms with Crippen LogP contribution in [0.3, 0.4) is 0 Å². The lowest BCUT2D eigenvalue weighted by Gasteiger charge is -2.07. The fourth-order valence-electron chi connectivity index (χ4n) is 3.08. The van der Waals surface area contributed by atoms with Gasteiger partial charge < -0.3 is 20.4 Å². The Kier molecular flexibility index (Phi) is 4.23. The van der Waals surface area contributed by atoms with E-state index in [4.69, 9.17) is 4.74 Å². The van der Waals surface area contributed by atoms with Gasteiger partial charge in [0.05, 0.1) is 6.61 Å². The second kappa shape index (κ2) is 6.32. The number of hydrogen-bond donors (Lipinski definition) is 3. The van der Waals surface area contributed by atoms with E-state index in [2.05, 4.69) is 15.6 Å². The summed E-state index contributed by atoms with van der Waals surface area (Å²) in [5, 5.41) is 6.60. The summed E-state index contributed by atoms with van der Waals surface area (Å²) in [5.74, 6) is 0.754. The van der Waals surface area contributed by atoms with Crippen molar-refractivity contribution in [3.05, 3.63) is 29.0 Å². The molecule has 2 heterocycles. The van der Waals surface area contributed by atoms with Gasteiger partial charge >= 0.3 is 0 Å². The molecule has 2 aromatic rings. The summed E-state index contributed by atoms with van der Waals surface area (Å²) in [7, 11) is 1.62. The van der Waals surface area contributed by atoms with E-state index in [1.165, 1.54) is 0 Å². The van der Waals surface area contributed by atoms with E-state index in [-0.39, 0.29) is 11.8 Å². The first-order valence-electron chi connectivity index (χ1n) is 7.93. The van der Waals surface area contributed by atoms with Gasteiger partial charge in [-0.2, -0.15) is 0 Å². The SMILES string of the molecule is CCC(=O)NCCc1c(C(=O)NC)[nH]c2ccc3c(c12)CCO3. The molecule has 0 aliphatic carbocycles. The van der Waals surface area contributed by atoms with Crippen molar-refractivity contribution in [2.75, 3.05) is 20.2 Å². The number of fused-ring (bicyclic) bond motifs is 3. The minimum Gasteiger partial charge on any atom is -0.493 e. The van der Waals surface area contributed by atoms with Gasteiger partial charge in [-0.1, -0.05) is 6.92 Å². The van der Waals surface area contributed by atoms with Gasteiger partial charge in [-0.3, -0.25) is 9.59 Å². The van der Waals surface area contributed by atoms with Crippen molar-refractivity contribution in [1.29, 1.82) is 0 Å². The third-order valence-corrected chi connectivity index (χ3v) is 4.22. The molecule has 0 saturated heterocycles. The normalized spacial score (nSPS) is 12.8. The van der Waals surface area contributed by atoms with Crippen LogP contribution in [0.2, 0.25) is 0 Å². The van der Waals surface area contributed by atoms with E-state index in [1.54, 1.807) is 7.05 Å². The van der Waals surface area contributed by atoms with E-state index < -0.39 is 0 Å². The zero-order valence-electron chi connectivity index (χ0n) is 13.4. The highest BCUT2D eigenvalue weighted by molar-refractivity contribution is 6.02. The molecule has 0 fully saturated rings. The van der Waals surface area contributed by atoms with Crippen LogP contribution in [0.1, 0.15) is 35.0 Å². The first kappa shape index (κ1) is 15.4. The number of carbonyl (C=O) groups excluding carboxylic acids is 2. The predicted molar refractivity (Wildman–Crippen MR) is 87.9 cm³/mol. The standard InChI is InChI=1S/C17H21N3O3/c1-3-14(21)19-8-6-11-15-10-7-9-23-13(10)5-4-12(15)20-16(11)17(22)18-2/h4-5,20H,3,6-9H2,1-2H3,(H,18,22)(H,19,21). The molecule has 23 heavy (non-hydrogen) atoms. The fourth-order valence-corrected chi connectivity index (χ4v) is 3.08. The molecule has 1 aliphatic heterocycles. The molecule has 0 spiro atoms. The minimum absolute atomic E-state index is 0.0138. The maximum atomic E-state index is 12.2. The number of ether oxygens (including phenoxy) is 1. The summed E-state index contributed by atoms with van der Waals surface area (Å²) in [6, 6.07) is 3.89. The summed E-state index contributed by atoms with van der Waals surface area (Å²) < 4.78 is 5.63. The lowest BCUT2D eigenvalue weighted by Crippen LogP contribution is -2.26. The molecule has 0 saturated carbocycles. The molecule has 0 unspecified atom stereocenters. The average molecular weight is 315 g/mol. The Morgan fingerprint density at radius 3 is 2.91 bits per heavy atom. The third kappa shape index (κ3) is 2.76. The summed E-state index contributed by atoms with van der Waals surface area (Å²) in [4.78, 5) is 26.9. The molecule has 1 aliphatic rings. The topological polar surface area (TPSA) is 83.2 Å². The van der Waals surface area contributed by atoms with Gasteiger partial charge in [-0.15, -0.1) is 0 Å². The fraction of sp³-hybridized carbons (Fsp3) is 0.412. The van der Waals surface area contributed by atoms with Crippen LogP contribution >= 0.6 is 0 Å². The maximum absolute atomic E-state index is 12.2. The lowest BCUT2D eigenvalue weighted by atomic mass is 10.0. The van der Waals surface area contributed by atoms with Crippen molar-refractivity contribution in [1.82, 2.24) is 15.6 Å². The zero-order chi connectivity index (χ0) is 16.4. The van der Waals surface area contributed by atoms with E-state index in [1.807, 2.05) is 19.1 Å². The van der Waals surface area contributed by atoms with Crippen molar-refractivity contribution < 1.29 is 14.3 Å². The van der Waals surface area contributed by atoms with Crippen LogP contribution in [-0.4, -0.2) is 37.0 Å². The number of nitrogens with one attached hydrogen (secondary N) is 3. The van der Waals surface area contributed by atoms with Crippen LogP contribution in [0.15, 0.2) is 12.1 Å². The van der Waals surface area contributed by atoms with Gasteiger partial charge in [0.25, 0.3) is 5.91 Å². The molecule has 3 rings (SSSR count). The van der Waals surface area contributed by atoms with Crippen LogP contribution in [0.25, 0.3) is 10.9 Å². The summed E-state index contributed by atoms with van der Waals surface area (Å²) in [6.07, 6.45) is 1.90. The van der Waals surface area contributed by atoms with Crippen LogP contribution < -0.4 is 15.4 Å². The number of aromatic amines is 1. The second-order valence-electron chi connectivity index (χ2n) is 5.57. The van der Waals surface area contributed by atoms with Crippen LogP contribution in [0, 0.1) is 0 Å². The van der Waals surface area contributed by atoms with Crippen molar-refractivity contribution in [2.45, 2.75) is 26.2 Å². The van der Waals surface area contributed by atoms with Gasteiger partial charge in [0.15, 0.2) is 0 Å². The van der Waals surface area contributed by atoms with Gasteiger partial charge in [-0.25, -0.2) is 0 Å². The van der Waals surface area contributed by atoms with Gasteiger partial charge in [0, 0.05) is 42.9 Å². The monoisotopic (exact) mass is 315 g/mol. The number of hydrogen-bond acceptors (Lipinski definition) is 3. The van der Waals surface area contributed by atoms with E-state index in [0.29, 0.717) is 31.7 Å². The molecule has 1 aromatic carbocycles. The summed E-state index contributed by atoms with van der Waals surface area (Å²) in [6.45, 7) is 3.00. The smallest absolute Gasteiger partial charge is 0.267 e. The summed E-state index contributed by atoms with van der Waals surface area (Å²) in [5.41, 5.74) is 3.59. The Balaban J connectivity index is 2.02. The largest absolute Gasteiger partial charge is 0.493 e. The van der Waals surface area contributed by atoms with Crippen LogP contribution in [0.4, 0.5) is 0 Å². The molecular formula is C17H21N3O3. The quantitative estimate of drug-likeness (QED) is 0.782. The first-order valence-corrected chi connectivity index (χ1v) is 7.93. The van der Waals surface area contributed by atoms with Crippen molar-refractivity contribution in [3.63, 3.8) is 0 Å². The highest BCUT2D eigenvalue weighted by Crippen LogP contribution is 2.36. The number of aromatic nitrogens is 1. The zero-order valence-corrected chi connectivity index (χ0v) is 13.4. The number of H-pyrrole nitrogens is 1. The minimum atomic E-state index is -0.148. The third-order valence-electron chi connectivity index (χ3n) is 4.22. The molecule has 0 atom stereocenters. The van der Waals surface area contributed by atoms with E-state index in [0.717, 1.165) is 34.2 Å². The highest BCUT2D eigenvalue weighted by Gasteiger charge is 2.23. The number of rotatable bonds is 5. The molecule has 1 aromatic heterocycles. The molecule has 3 N–H and O–H groups in total. The van der Waals surface area contributed by atoms with Crippen molar-refractivity contribution in [3.8, 4) is 5.75 Å². The Hall–Kier alpha value is -2.50. The summed E-state index contributed by atoms with van der Waals surface area (Å²) >= 11 is 0. The Bertz CT molecular complexity index is 764. The number of benzene rings is 1. The molecular weight excluding hydrogens is 294 g/mol. The first-order chi connectivity index (χ1) is 11.2.